The van der Waals surface area contributed by atoms with E-state index in [-0.39, 0.29) is 5.92 Å². The zero-order valence-electron chi connectivity index (χ0n) is 7.84. The Morgan fingerprint density at radius 2 is 1.93 bits per heavy atom. The lowest BCUT2D eigenvalue weighted by Gasteiger charge is -2.21. The summed E-state index contributed by atoms with van der Waals surface area (Å²) in [5.41, 5.74) is 6.63. The van der Waals surface area contributed by atoms with E-state index in [4.69, 9.17) is 5.73 Å². The Labute approximate surface area is 95.7 Å². The van der Waals surface area contributed by atoms with E-state index in [9.17, 15) is 5.11 Å². The Morgan fingerprint density at radius 1 is 1.27 bits per heavy atom. The Kier molecular flexibility index (Phi) is 2.83. The van der Waals surface area contributed by atoms with E-state index in [1.807, 2.05) is 24.3 Å². The molecule has 78 valence electrons. The SMILES string of the molecule is NC1=NC=NC(O)C1c1ccc(Br)cc1. The van der Waals surface area contributed by atoms with Gasteiger partial charge in [0.15, 0.2) is 6.23 Å². The van der Waals surface area contributed by atoms with Crippen LogP contribution < -0.4 is 5.73 Å². The molecule has 1 aromatic rings. The number of nitrogens with zero attached hydrogens (tertiary/aromatic N) is 2. The molecule has 1 aliphatic heterocycles. The molecule has 0 saturated heterocycles. The molecule has 5 heteroatoms. The molecule has 1 aliphatic rings. The third-order valence-corrected chi connectivity index (χ3v) is 2.80. The van der Waals surface area contributed by atoms with Gasteiger partial charge in [0.25, 0.3) is 0 Å². The number of nitrogens with two attached hydrogens (primary N) is 1. The fourth-order valence-electron chi connectivity index (χ4n) is 1.50. The Bertz CT molecular complexity index is 413. The Hall–Kier alpha value is -1.20. The van der Waals surface area contributed by atoms with E-state index in [0.717, 1.165) is 10.0 Å². The van der Waals surface area contributed by atoms with E-state index in [1.54, 1.807) is 0 Å². The van der Waals surface area contributed by atoms with Crippen molar-refractivity contribution in [2.45, 2.75) is 12.1 Å². The van der Waals surface area contributed by atoms with Crippen LogP contribution in [0.25, 0.3) is 0 Å². The molecule has 2 atom stereocenters. The molecule has 1 heterocycles. The zero-order chi connectivity index (χ0) is 10.8. The summed E-state index contributed by atoms with van der Waals surface area (Å²) >= 11 is 3.35. The molecule has 1 aromatic carbocycles. The van der Waals surface area contributed by atoms with Crippen LogP contribution in [0.3, 0.4) is 0 Å². The van der Waals surface area contributed by atoms with E-state index in [2.05, 4.69) is 25.9 Å². The summed E-state index contributed by atoms with van der Waals surface area (Å²) in [7, 11) is 0. The first-order chi connectivity index (χ1) is 7.18. The molecule has 0 aromatic heterocycles. The molecular weight excluding hydrogens is 258 g/mol. The van der Waals surface area contributed by atoms with Gasteiger partial charge in [0.2, 0.25) is 0 Å². The number of hydrogen-bond acceptors (Lipinski definition) is 4. The smallest absolute Gasteiger partial charge is 0.160 e. The van der Waals surface area contributed by atoms with Gasteiger partial charge in [-0.05, 0) is 17.7 Å². The normalized spacial score (nSPS) is 25.1. The molecule has 0 aliphatic carbocycles. The summed E-state index contributed by atoms with van der Waals surface area (Å²) in [6.07, 6.45) is 0.443. The van der Waals surface area contributed by atoms with E-state index < -0.39 is 6.23 Å². The molecule has 0 spiro atoms. The van der Waals surface area contributed by atoms with Gasteiger partial charge in [-0.15, -0.1) is 0 Å². The van der Waals surface area contributed by atoms with Crippen molar-refractivity contribution < 1.29 is 5.11 Å². The molecule has 0 radical (unpaired) electrons. The van der Waals surface area contributed by atoms with Gasteiger partial charge < -0.3 is 10.8 Å². The number of aliphatic hydroxyl groups excluding tert-OH is 1. The van der Waals surface area contributed by atoms with Gasteiger partial charge in [-0.2, -0.15) is 0 Å². The number of benzene rings is 1. The van der Waals surface area contributed by atoms with Crippen molar-refractivity contribution in [2.24, 2.45) is 15.7 Å². The van der Waals surface area contributed by atoms with Crippen LogP contribution in [0, 0.1) is 0 Å². The van der Waals surface area contributed by atoms with Gasteiger partial charge in [-0.1, -0.05) is 28.1 Å². The number of amidine groups is 1. The molecule has 15 heavy (non-hydrogen) atoms. The van der Waals surface area contributed by atoms with Crippen molar-refractivity contribution in [3.8, 4) is 0 Å². The van der Waals surface area contributed by atoms with Crippen molar-refractivity contribution in [1.29, 1.82) is 0 Å². The monoisotopic (exact) mass is 267 g/mol. The second-order valence-electron chi connectivity index (χ2n) is 3.26. The van der Waals surface area contributed by atoms with Crippen LogP contribution in [-0.2, 0) is 0 Å². The average molecular weight is 268 g/mol. The molecule has 0 saturated carbocycles. The highest BCUT2D eigenvalue weighted by Gasteiger charge is 2.26. The standard InChI is InChI=1S/C10H10BrN3O/c11-7-3-1-6(2-4-7)8-9(12)13-5-14-10(8)15/h1-5,8,10,15H,(H2,12,13,14). The van der Waals surface area contributed by atoms with Gasteiger partial charge >= 0.3 is 0 Å². The average Bonchev–Trinajstić information content (AvgIpc) is 2.20. The summed E-state index contributed by atoms with van der Waals surface area (Å²) < 4.78 is 0.982. The van der Waals surface area contributed by atoms with Crippen LogP contribution in [-0.4, -0.2) is 23.5 Å². The lowest BCUT2D eigenvalue weighted by atomic mass is 9.96. The summed E-state index contributed by atoms with van der Waals surface area (Å²) in [6, 6.07) is 7.57. The predicted molar refractivity (Wildman–Crippen MR) is 63.0 cm³/mol. The minimum Gasteiger partial charge on any atom is -0.386 e. The lowest BCUT2D eigenvalue weighted by molar-refractivity contribution is 0.173. The topological polar surface area (TPSA) is 71.0 Å². The first-order valence-corrected chi connectivity index (χ1v) is 5.26. The molecule has 0 bridgehead atoms. The van der Waals surface area contributed by atoms with Crippen LogP contribution in [0.4, 0.5) is 0 Å². The maximum absolute atomic E-state index is 9.69. The highest BCUT2D eigenvalue weighted by atomic mass is 79.9. The predicted octanol–water partition coefficient (Wildman–Crippen LogP) is 1.25. The molecule has 3 N–H and O–H groups in total. The third kappa shape index (κ3) is 2.08. The van der Waals surface area contributed by atoms with Crippen molar-refractivity contribution >= 4 is 28.1 Å². The van der Waals surface area contributed by atoms with Gasteiger partial charge in [-0.3, -0.25) is 0 Å². The van der Waals surface area contributed by atoms with Crippen LogP contribution in [0.2, 0.25) is 0 Å². The Balaban J connectivity index is 2.34. The van der Waals surface area contributed by atoms with Crippen LogP contribution in [0.15, 0.2) is 38.7 Å². The van der Waals surface area contributed by atoms with Gasteiger partial charge in [0, 0.05) is 4.47 Å². The zero-order valence-corrected chi connectivity index (χ0v) is 9.42. The highest BCUT2D eigenvalue weighted by molar-refractivity contribution is 9.10. The number of rotatable bonds is 1. The van der Waals surface area contributed by atoms with Crippen LogP contribution >= 0.6 is 15.9 Å². The quantitative estimate of drug-likeness (QED) is 0.804. The van der Waals surface area contributed by atoms with Crippen LogP contribution in [0.5, 0.6) is 0 Å². The minimum atomic E-state index is -0.844. The fraction of sp³-hybridized carbons (Fsp3) is 0.200. The lowest BCUT2D eigenvalue weighted by Crippen LogP contribution is -2.33. The van der Waals surface area contributed by atoms with E-state index in [0.29, 0.717) is 5.84 Å². The van der Waals surface area contributed by atoms with E-state index in [1.165, 1.54) is 6.34 Å². The summed E-state index contributed by atoms with van der Waals surface area (Å²) in [4.78, 5) is 7.70. The molecular formula is C10H10BrN3O. The second kappa shape index (κ2) is 4.12. The van der Waals surface area contributed by atoms with Gasteiger partial charge in [0.05, 0.1) is 5.92 Å². The van der Waals surface area contributed by atoms with Crippen molar-refractivity contribution in [2.75, 3.05) is 0 Å². The number of hydrogen-bond donors (Lipinski definition) is 2. The third-order valence-electron chi connectivity index (χ3n) is 2.27. The number of halogens is 1. The molecule has 4 nitrogen and oxygen atoms in total. The minimum absolute atomic E-state index is 0.344. The molecule has 2 unspecified atom stereocenters. The van der Waals surface area contributed by atoms with Gasteiger partial charge in [-0.25, -0.2) is 9.98 Å². The molecule has 2 rings (SSSR count). The molecule has 0 fully saturated rings. The Morgan fingerprint density at radius 3 is 2.53 bits per heavy atom. The summed E-state index contributed by atoms with van der Waals surface area (Å²) in [5.74, 6) is 0.0444. The number of aliphatic hydroxyl groups is 1. The maximum Gasteiger partial charge on any atom is 0.160 e. The van der Waals surface area contributed by atoms with Crippen molar-refractivity contribution in [3.63, 3.8) is 0 Å². The summed E-state index contributed by atoms with van der Waals surface area (Å²) in [6.45, 7) is 0. The maximum atomic E-state index is 9.69. The summed E-state index contributed by atoms with van der Waals surface area (Å²) in [5, 5.41) is 9.69. The van der Waals surface area contributed by atoms with Crippen molar-refractivity contribution in [3.05, 3.63) is 34.3 Å². The van der Waals surface area contributed by atoms with Gasteiger partial charge in [0.1, 0.15) is 12.2 Å². The molecule has 0 amide bonds. The second-order valence-corrected chi connectivity index (χ2v) is 4.18. The van der Waals surface area contributed by atoms with Crippen molar-refractivity contribution in [1.82, 2.24) is 0 Å². The largest absolute Gasteiger partial charge is 0.386 e. The van der Waals surface area contributed by atoms with Crippen LogP contribution in [0.1, 0.15) is 11.5 Å². The van der Waals surface area contributed by atoms with E-state index >= 15 is 0 Å². The highest BCUT2D eigenvalue weighted by Crippen LogP contribution is 2.24. The number of aliphatic imine (C=N–C) groups is 2. The first kappa shape index (κ1) is 10.3. The fourth-order valence-corrected chi connectivity index (χ4v) is 1.76. The first-order valence-electron chi connectivity index (χ1n) is 4.47.